The molecule has 1 saturated heterocycles. The monoisotopic (exact) mass is 288 g/mol. The largest absolute Gasteiger partial charge is 0.508 e. The molecule has 0 bridgehead atoms. The van der Waals surface area contributed by atoms with Gasteiger partial charge in [0.05, 0.1) is 6.54 Å². The predicted octanol–water partition coefficient (Wildman–Crippen LogP) is 3.14. The van der Waals surface area contributed by atoms with E-state index in [1.165, 1.54) is 4.90 Å². The van der Waals surface area contributed by atoms with Gasteiger partial charge in [0.25, 0.3) is 0 Å². The van der Waals surface area contributed by atoms with Gasteiger partial charge < -0.3 is 10.4 Å². The van der Waals surface area contributed by atoms with Crippen molar-refractivity contribution in [2.75, 3.05) is 25.0 Å². The van der Waals surface area contributed by atoms with Gasteiger partial charge in [0.2, 0.25) is 0 Å². The highest BCUT2D eigenvalue weighted by molar-refractivity contribution is 5.50. The van der Waals surface area contributed by atoms with Gasteiger partial charge in [-0.2, -0.15) is 13.2 Å². The van der Waals surface area contributed by atoms with E-state index in [0.717, 1.165) is 11.3 Å². The van der Waals surface area contributed by atoms with Gasteiger partial charge in [0.1, 0.15) is 5.75 Å². The highest BCUT2D eigenvalue weighted by atomic mass is 19.4. The Balaban J connectivity index is 1.83. The Bertz CT molecular complexity index is 454. The Morgan fingerprint density at radius 3 is 2.50 bits per heavy atom. The fraction of sp³-hybridized carbons (Fsp3) is 0.571. The van der Waals surface area contributed by atoms with Gasteiger partial charge in [-0.25, -0.2) is 0 Å². The quantitative estimate of drug-likeness (QED) is 0.839. The van der Waals surface area contributed by atoms with Crippen LogP contribution in [0, 0.1) is 6.92 Å². The molecule has 0 saturated carbocycles. The number of hydrogen-bond acceptors (Lipinski definition) is 3. The summed E-state index contributed by atoms with van der Waals surface area (Å²) in [4.78, 5) is 1.44. The van der Waals surface area contributed by atoms with Crippen molar-refractivity contribution in [1.29, 1.82) is 0 Å². The summed E-state index contributed by atoms with van der Waals surface area (Å²) in [6, 6.07) is 5.43. The lowest BCUT2D eigenvalue weighted by atomic mass is 10.0. The summed E-state index contributed by atoms with van der Waals surface area (Å²) in [5.74, 6) is 0.246. The molecule has 0 spiro atoms. The number of anilines is 1. The molecule has 1 aliphatic rings. The third kappa shape index (κ3) is 4.30. The number of phenolic OH excluding ortho intramolecular Hbond substituents is 1. The second kappa shape index (κ2) is 5.91. The van der Waals surface area contributed by atoms with Gasteiger partial charge in [-0.05, 0) is 43.5 Å². The van der Waals surface area contributed by atoms with Crippen LogP contribution >= 0.6 is 0 Å². The SMILES string of the molecule is Cc1cc(NC2CCN(CC(F)(F)F)CC2)ccc1O. The number of phenols is 1. The van der Waals surface area contributed by atoms with Crippen LogP contribution in [0.15, 0.2) is 18.2 Å². The zero-order valence-corrected chi connectivity index (χ0v) is 11.4. The van der Waals surface area contributed by atoms with Crippen molar-refractivity contribution in [3.8, 4) is 5.75 Å². The van der Waals surface area contributed by atoms with E-state index < -0.39 is 12.7 Å². The van der Waals surface area contributed by atoms with E-state index in [9.17, 15) is 18.3 Å². The summed E-state index contributed by atoms with van der Waals surface area (Å²) in [6.45, 7) is 1.90. The maximum Gasteiger partial charge on any atom is 0.401 e. The second-order valence-electron chi connectivity index (χ2n) is 5.31. The Kier molecular flexibility index (Phi) is 4.42. The van der Waals surface area contributed by atoms with Crippen molar-refractivity contribution in [2.45, 2.75) is 32.0 Å². The van der Waals surface area contributed by atoms with Crippen LogP contribution in [0.3, 0.4) is 0 Å². The number of likely N-dealkylation sites (tertiary alicyclic amines) is 1. The number of nitrogens with one attached hydrogen (secondary N) is 1. The van der Waals surface area contributed by atoms with Crippen molar-refractivity contribution in [2.24, 2.45) is 0 Å². The first-order valence-corrected chi connectivity index (χ1v) is 6.69. The highest BCUT2D eigenvalue weighted by Gasteiger charge is 2.32. The maximum atomic E-state index is 12.3. The van der Waals surface area contributed by atoms with Crippen LogP contribution in [-0.2, 0) is 0 Å². The van der Waals surface area contributed by atoms with Crippen LogP contribution in [0.1, 0.15) is 18.4 Å². The minimum absolute atomic E-state index is 0.184. The molecule has 2 rings (SSSR count). The number of rotatable bonds is 3. The Morgan fingerprint density at radius 1 is 1.30 bits per heavy atom. The van der Waals surface area contributed by atoms with Crippen molar-refractivity contribution < 1.29 is 18.3 Å². The summed E-state index contributed by atoms with van der Waals surface area (Å²) in [5, 5.41) is 12.8. The lowest BCUT2D eigenvalue weighted by molar-refractivity contribution is -0.147. The van der Waals surface area contributed by atoms with Gasteiger partial charge in [-0.1, -0.05) is 0 Å². The first-order valence-electron chi connectivity index (χ1n) is 6.69. The Hall–Kier alpha value is -1.43. The Labute approximate surface area is 116 Å². The molecule has 1 fully saturated rings. The van der Waals surface area contributed by atoms with Crippen molar-refractivity contribution in [3.63, 3.8) is 0 Å². The molecule has 0 radical (unpaired) electrons. The molecular weight excluding hydrogens is 269 g/mol. The van der Waals surface area contributed by atoms with E-state index in [-0.39, 0.29) is 11.8 Å². The third-order valence-electron chi connectivity index (χ3n) is 3.56. The number of hydrogen-bond donors (Lipinski definition) is 2. The van der Waals surface area contributed by atoms with Crippen LogP contribution in [0.2, 0.25) is 0 Å². The van der Waals surface area contributed by atoms with Crippen LogP contribution < -0.4 is 5.32 Å². The zero-order chi connectivity index (χ0) is 14.8. The van der Waals surface area contributed by atoms with Gasteiger partial charge in [-0.3, -0.25) is 4.90 Å². The highest BCUT2D eigenvalue weighted by Crippen LogP contribution is 2.24. The summed E-state index contributed by atoms with van der Waals surface area (Å²) in [5.41, 5.74) is 1.68. The molecule has 6 heteroatoms. The number of alkyl halides is 3. The molecule has 1 heterocycles. The topological polar surface area (TPSA) is 35.5 Å². The lowest BCUT2D eigenvalue weighted by Gasteiger charge is -2.33. The summed E-state index contributed by atoms with van der Waals surface area (Å²) in [6.07, 6.45) is -2.74. The summed E-state index contributed by atoms with van der Waals surface area (Å²) < 4.78 is 36.9. The van der Waals surface area contributed by atoms with E-state index in [2.05, 4.69) is 5.32 Å². The van der Waals surface area contributed by atoms with Gasteiger partial charge in [0.15, 0.2) is 0 Å². The van der Waals surface area contributed by atoms with Crippen LogP contribution in [-0.4, -0.2) is 41.9 Å². The number of benzene rings is 1. The van der Waals surface area contributed by atoms with E-state index in [1.807, 2.05) is 13.0 Å². The average Bonchev–Trinajstić information content (AvgIpc) is 2.35. The number of piperidine rings is 1. The molecular formula is C14H19F3N2O. The zero-order valence-electron chi connectivity index (χ0n) is 11.4. The molecule has 0 unspecified atom stereocenters. The predicted molar refractivity (Wildman–Crippen MR) is 72.0 cm³/mol. The number of aryl methyl sites for hydroxylation is 1. The van der Waals surface area contributed by atoms with E-state index in [0.29, 0.717) is 25.9 Å². The molecule has 2 N–H and O–H groups in total. The summed E-state index contributed by atoms with van der Waals surface area (Å²) >= 11 is 0. The lowest BCUT2D eigenvalue weighted by Crippen LogP contribution is -2.43. The van der Waals surface area contributed by atoms with E-state index in [4.69, 9.17) is 0 Å². The molecule has 1 aliphatic heterocycles. The van der Waals surface area contributed by atoms with Crippen molar-refractivity contribution in [3.05, 3.63) is 23.8 Å². The smallest absolute Gasteiger partial charge is 0.401 e. The fourth-order valence-corrected chi connectivity index (χ4v) is 2.47. The first-order chi connectivity index (χ1) is 9.33. The maximum absolute atomic E-state index is 12.3. The van der Waals surface area contributed by atoms with Gasteiger partial charge >= 0.3 is 6.18 Å². The molecule has 0 atom stereocenters. The van der Waals surface area contributed by atoms with E-state index >= 15 is 0 Å². The number of nitrogens with zero attached hydrogens (tertiary/aromatic N) is 1. The molecule has 1 aromatic rings. The summed E-state index contributed by atoms with van der Waals surface area (Å²) in [7, 11) is 0. The molecule has 0 amide bonds. The molecule has 3 nitrogen and oxygen atoms in total. The molecule has 0 aliphatic carbocycles. The van der Waals surface area contributed by atoms with Crippen LogP contribution in [0.4, 0.5) is 18.9 Å². The fourth-order valence-electron chi connectivity index (χ4n) is 2.47. The Morgan fingerprint density at radius 2 is 1.95 bits per heavy atom. The van der Waals surface area contributed by atoms with Gasteiger partial charge in [-0.15, -0.1) is 0 Å². The second-order valence-corrected chi connectivity index (χ2v) is 5.31. The number of halogens is 3. The first kappa shape index (κ1) is 15.0. The molecule has 20 heavy (non-hydrogen) atoms. The minimum atomic E-state index is -4.12. The molecule has 112 valence electrons. The minimum Gasteiger partial charge on any atom is -0.508 e. The molecule has 0 aromatic heterocycles. The number of aromatic hydroxyl groups is 1. The van der Waals surface area contributed by atoms with Crippen LogP contribution in [0.25, 0.3) is 0 Å². The van der Waals surface area contributed by atoms with E-state index in [1.54, 1.807) is 12.1 Å². The van der Waals surface area contributed by atoms with Gasteiger partial charge in [0, 0.05) is 24.8 Å². The third-order valence-corrected chi connectivity index (χ3v) is 3.56. The normalized spacial score (nSPS) is 18.2. The standard InChI is InChI=1S/C14H19F3N2O/c1-10-8-12(2-3-13(10)20)18-11-4-6-19(7-5-11)9-14(15,16)17/h2-3,8,11,18,20H,4-7,9H2,1H3. The molecule has 1 aromatic carbocycles. The average molecular weight is 288 g/mol. The van der Waals surface area contributed by atoms with Crippen molar-refractivity contribution >= 4 is 5.69 Å². The van der Waals surface area contributed by atoms with Crippen LogP contribution in [0.5, 0.6) is 5.75 Å². The van der Waals surface area contributed by atoms with Crippen molar-refractivity contribution in [1.82, 2.24) is 4.90 Å².